The van der Waals surface area contributed by atoms with Crippen molar-refractivity contribution in [2.24, 2.45) is 10.2 Å². The van der Waals surface area contributed by atoms with Crippen LogP contribution in [0.1, 0.15) is 0 Å². The molecule has 0 aliphatic heterocycles. The van der Waals surface area contributed by atoms with Crippen LogP contribution >= 0.6 is 34.8 Å². The Labute approximate surface area is 106 Å². The van der Waals surface area contributed by atoms with Gasteiger partial charge in [0.2, 0.25) is 0 Å². The van der Waals surface area contributed by atoms with Crippen molar-refractivity contribution in [1.82, 2.24) is 0 Å². The summed E-state index contributed by atoms with van der Waals surface area (Å²) in [7, 11) is 0. The second kappa shape index (κ2) is 5.94. The van der Waals surface area contributed by atoms with Crippen LogP contribution in [0.15, 0.2) is 22.4 Å². The van der Waals surface area contributed by atoms with E-state index in [0.29, 0.717) is 18.3 Å². The molecule has 0 bridgehead atoms. The van der Waals surface area contributed by atoms with Gasteiger partial charge in [0.1, 0.15) is 0 Å². The number of azo groups is 1. The van der Waals surface area contributed by atoms with Crippen LogP contribution in [0.3, 0.4) is 0 Å². The summed E-state index contributed by atoms with van der Waals surface area (Å²) in [6, 6.07) is 1.73. The molecule has 0 N–H and O–H groups in total. The van der Waals surface area contributed by atoms with Gasteiger partial charge in [0.25, 0.3) is 0 Å². The zero-order valence-electron chi connectivity index (χ0n) is 7.73. The van der Waals surface area contributed by atoms with Crippen molar-refractivity contribution < 1.29 is 9.59 Å². The summed E-state index contributed by atoms with van der Waals surface area (Å²) in [6.45, 7) is 0. The van der Waals surface area contributed by atoms with Crippen molar-refractivity contribution in [1.29, 1.82) is 0 Å². The van der Waals surface area contributed by atoms with Crippen LogP contribution < -0.4 is 0 Å². The summed E-state index contributed by atoms with van der Waals surface area (Å²) < 4.78 is 0. The predicted molar refractivity (Wildman–Crippen MR) is 61.9 cm³/mol. The molecule has 0 saturated heterocycles. The van der Waals surface area contributed by atoms with Crippen LogP contribution in [0.5, 0.6) is 0 Å². The van der Waals surface area contributed by atoms with Gasteiger partial charge < -0.3 is 9.59 Å². The molecule has 0 fully saturated rings. The Morgan fingerprint density at radius 3 is 2.00 bits per heavy atom. The second-order valence-electron chi connectivity index (χ2n) is 2.70. The van der Waals surface area contributed by atoms with Gasteiger partial charge in [0.15, 0.2) is 18.6 Å². The first-order chi connectivity index (χ1) is 7.58. The number of aldehydes is 2. The number of hydrogen-bond donors (Lipinski definition) is 0. The Morgan fingerprint density at radius 1 is 1.06 bits per heavy atom. The molecule has 1 aromatic rings. The molecule has 0 atom stereocenters. The lowest BCUT2D eigenvalue weighted by atomic mass is 10.3. The van der Waals surface area contributed by atoms with Gasteiger partial charge in [-0.2, -0.15) is 10.2 Å². The number of benzene rings is 1. The normalized spacial score (nSPS) is 11.0. The largest absolute Gasteiger partial charge is 0.300 e. The summed E-state index contributed by atoms with van der Waals surface area (Å²) in [4.78, 5) is 20.6. The highest BCUT2D eigenvalue weighted by Crippen LogP contribution is 2.34. The summed E-state index contributed by atoms with van der Waals surface area (Å²) in [5.74, 6) is 0. The van der Waals surface area contributed by atoms with E-state index in [-0.39, 0.29) is 15.1 Å². The quantitative estimate of drug-likeness (QED) is 0.366. The molecule has 0 heterocycles. The first-order valence-corrected chi connectivity index (χ1v) is 5.18. The van der Waals surface area contributed by atoms with Gasteiger partial charge in [0, 0.05) is 0 Å². The molecular formula is C9H5Cl3N2O2. The van der Waals surface area contributed by atoms with E-state index in [9.17, 15) is 9.59 Å². The average Bonchev–Trinajstić information content (AvgIpc) is 2.27. The fourth-order valence-electron chi connectivity index (χ4n) is 0.820. The van der Waals surface area contributed by atoms with Crippen molar-refractivity contribution in [3.8, 4) is 0 Å². The van der Waals surface area contributed by atoms with Gasteiger partial charge in [0.05, 0.1) is 20.8 Å². The summed E-state index contributed by atoms with van der Waals surface area (Å²) >= 11 is 17.2. The molecule has 1 aromatic carbocycles. The average molecular weight is 280 g/mol. The molecule has 0 saturated carbocycles. The minimum atomic E-state index is -1.12. The number of carbonyl (C=O) groups excluding carboxylic acids is 2. The number of rotatable bonds is 4. The molecule has 0 unspecified atom stereocenters. The molecule has 0 aliphatic carbocycles. The van der Waals surface area contributed by atoms with Gasteiger partial charge in [-0.1, -0.05) is 34.8 Å². The van der Waals surface area contributed by atoms with E-state index < -0.39 is 6.04 Å². The molecule has 0 radical (unpaired) electrons. The fraction of sp³-hybridized carbons (Fsp3) is 0.111. The molecule has 1 rings (SSSR count). The van der Waals surface area contributed by atoms with E-state index in [1.165, 1.54) is 12.1 Å². The van der Waals surface area contributed by atoms with Gasteiger partial charge in [-0.3, -0.25) is 0 Å². The van der Waals surface area contributed by atoms with E-state index in [1.54, 1.807) is 0 Å². The maximum absolute atomic E-state index is 10.3. The SMILES string of the molecule is O=CC(C=O)N=Nc1cc(Cl)c(Cl)c(Cl)c1. The van der Waals surface area contributed by atoms with Crippen LogP contribution in [0.4, 0.5) is 5.69 Å². The van der Waals surface area contributed by atoms with E-state index in [0.717, 1.165) is 0 Å². The molecule has 4 nitrogen and oxygen atoms in total. The maximum atomic E-state index is 10.3. The fourth-order valence-corrected chi connectivity index (χ4v) is 1.40. The number of hydrogen-bond acceptors (Lipinski definition) is 4. The molecule has 0 aliphatic rings. The summed E-state index contributed by atoms with van der Waals surface area (Å²) in [6.07, 6.45) is 0.741. The molecule has 0 aromatic heterocycles. The van der Waals surface area contributed by atoms with E-state index in [1.807, 2.05) is 0 Å². The zero-order chi connectivity index (χ0) is 12.1. The highest BCUT2D eigenvalue weighted by Gasteiger charge is 2.06. The number of nitrogens with zero attached hydrogens (tertiary/aromatic N) is 2. The molecule has 0 spiro atoms. The van der Waals surface area contributed by atoms with E-state index >= 15 is 0 Å². The van der Waals surface area contributed by atoms with Crippen LogP contribution in [0.2, 0.25) is 15.1 Å². The first kappa shape index (κ1) is 13.1. The molecule has 0 amide bonds. The second-order valence-corrected chi connectivity index (χ2v) is 3.89. The smallest absolute Gasteiger partial charge is 0.181 e. The third-order valence-electron chi connectivity index (χ3n) is 1.55. The third kappa shape index (κ3) is 3.27. The van der Waals surface area contributed by atoms with Crippen LogP contribution in [0, 0.1) is 0 Å². The lowest BCUT2D eigenvalue weighted by molar-refractivity contribution is -0.116. The van der Waals surface area contributed by atoms with Crippen molar-refractivity contribution in [3.63, 3.8) is 0 Å². The Balaban J connectivity index is 2.98. The monoisotopic (exact) mass is 278 g/mol. The molecule has 16 heavy (non-hydrogen) atoms. The standard InChI is InChI=1S/C9H5Cl3N2O2/c10-7-1-5(2-8(11)9(7)12)13-14-6(3-15)4-16/h1-4,6H. The third-order valence-corrected chi connectivity index (χ3v) is 2.75. The highest BCUT2D eigenvalue weighted by molar-refractivity contribution is 6.48. The Kier molecular flexibility index (Phi) is 4.86. The minimum absolute atomic E-state index is 0.213. The molecule has 84 valence electrons. The number of carbonyl (C=O) groups is 2. The maximum Gasteiger partial charge on any atom is 0.181 e. The Bertz CT molecular complexity index is 417. The van der Waals surface area contributed by atoms with Gasteiger partial charge in [-0.25, -0.2) is 0 Å². The highest BCUT2D eigenvalue weighted by atomic mass is 35.5. The van der Waals surface area contributed by atoms with Crippen molar-refractivity contribution in [2.45, 2.75) is 6.04 Å². The van der Waals surface area contributed by atoms with Crippen molar-refractivity contribution in [3.05, 3.63) is 27.2 Å². The Morgan fingerprint density at radius 2 is 1.56 bits per heavy atom. The van der Waals surface area contributed by atoms with Gasteiger partial charge in [-0.15, -0.1) is 0 Å². The predicted octanol–water partition coefficient (Wildman–Crippen LogP) is 3.50. The first-order valence-electron chi connectivity index (χ1n) is 4.04. The van der Waals surface area contributed by atoms with Gasteiger partial charge >= 0.3 is 0 Å². The lowest BCUT2D eigenvalue weighted by Crippen LogP contribution is -2.05. The summed E-state index contributed by atoms with van der Waals surface area (Å²) in [5.41, 5.74) is 0.313. The summed E-state index contributed by atoms with van der Waals surface area (Å²) in [5, 5.41) is 7.77. The lowest BCUT2D eigenvalue weighted by Gasteiger charge is -2.00. The topological polar surface area (TPSA) is 58.9 Å². The van der Waals surface area contributed by atoms with Crippen molar-refractivity contribution >= 4 is 53.1 Å². The minimum Gasteiger partial charge on any atom is -0.300 e. The zero-order valence-corrected chi connectivity index (χ0v) is 10.00. The molecule has 7 heteroatoms. The van der Waals surface area contributed by atoms with E-state index in [4.69, 9.17) is 34.8 Å². The van der Waals surface area contributed by atoms with Crippen LogP contribution in [-0.4, -0.2) is 18.6 Å². The van der Waals surface area contributed by atoms with Gasteiger partial charge in [-0.05, 0) is 12.1 Å². The van der Waals surface area contributed by atoms with Crippen molar-refractivity contribution in [2.75, 3.05) is 0 Å². The number of halogens is 3. The molecular weight excluding hydrogens is 274 g/mol. The van der Waals surface area contributed by atoms with Crippen LogP contribution in [0.25, 0.3) is 0 Å². The van der Waals surface area contributed by atoms with E-state index in [2.05, 4.69) is 10.2 Å². The van der Waals surface area contributed by atoms with Crippen LogP contribution in [-0.2, 0) is 9.59 Å². The Hall–Kier alpha value is -0.970.